The van der Waals surface area contributed by atoms with Crippen molar-refractivity contribution in [2.75, 3.05) is 13.1 Å². The van der Waals surface area contributed by atoms with E-state index in [0.29, 0.717) is 5.56 Å². The number of amides is 1. The molecule has 120 valence electrons. The molecular weight excluding hydrogens is 307 g/mol. The molecule has 1 aliphatic heterocycles. The van der Waals surface area contributed by atoms with E-state index in [2.05, 4.69) is 0 Å². The van der Waals surface area contributed by atoms with E-state index in [1.807, 2.05) is 0 Å². The predicted octanol–water partition coefficient (Wildman–Crippen LogP) is 3.15. The predicted molar refractivity (Wildman–Crippen MR) is 77.2 cm³/mol. The normalized spacial score (nSPS) is 14.7. The third kappa shape index (κ3) is 3.22. The highest BCUT2D eigenvalue weighted by Gasteiger charge is 2.34. The van der Waals surface area contributed by atoms with E-state index >= 15 is 0 Å². The van der Waals surface area contributed by atoms with Crippen molar-refractivity contribution in [2.24, 2.45) is 0 Å². The summed E-state index contributed by atoms with van der Waals surface area (Å²) in [7, 11) is 0. The molecule has 3 rings (SSSR count). The summed E-state index contributed by atoms with van der Waals surface area (Å²) in [5, 5.41) is 0. The molecule has 1 fully saturated rings. The molecular formula is C17H14F3NO2. The Labute approximate surface area is 131 Å². The molecule has 2 aromatic carbocycles. The number of likely N-dealkylation sites (tertiary alicyclic amines) is 1. The highest BCUT2D eigenvalue weighted by molar-refractivity contribution is 5.95. The van der Waals surface area contributed by atoms with Gasteiger partial charge in [0.25, 0.3) is 5.91 Å². The lowest BCUT2D eigenvalue weighted by Crippen LogP contribution is -2.55. The fourth-order valence-corrected chi connectivity index (χ4v) is 2.39. The highest BCUT2D eigenvalue weighted by Crippen LogP contribution is 2.21. The van der Waals surface area contributed by atoms with Crippen molar-refractivity contribution in [1.82, 2.24) is 4.90 Å². The second-order valence-electron chi connectivity index (χ2n) is 5.33. The first-order valence-corrected chi connectivity index (χ1v) is 7.14. The first kappa shape index (κ1) is 15.6. The Bertz CT molecular complexity index is 709. The zero-order valence-corrected chi connectivity index (χ0v) is 12.1. The van der Waals surface area contributed by atoms with Gasteiger partial charge in [-0.15, -0.1) is 0 Å². The zero-order valence-electron chi connectivity index (χ0n) is 12.1. The van der Waals surface area contributed by atoms with Crippen LogP contribution in [0.5, 0.6) is 0 Å². The van der Waals surface area contributed by atoms with Gasteiger partial charge < -0.3 is 9.64 Å². The van der Waals surface area contributed by atoms with Crippen molar-refractivity contribution in [3.05, 3.63) is 71.0 Å². The van der Waals surface area contributed by atoms with Gasteiger partial charge in [-0.25, -0.2) is 13.2 Å². The lowest BCUT2D eigenvalue weighted by Gasteiger charge is -2.39. The fourth-order valence-electron chi connectivity index (χ4n) is 2.39. The minimum absolute atomic E-state index is 0.0907. The largest absolute Gasteiger partial charge is 0.370 e. The van der Waals surface area contributed by atoms with Gasteiger partial charge in [0.2, 0.25) is 0 Å². The van der Waals surface area contributed by atoms with Gasteiger partial charge in [-0.1, -0.05) is 24.3 Å². The Hall–Kier alpha value is -2.34. The molecule has 1 amide bonds. The summed E-state index contributed by atoms with van der Waals surface area (Å²) >= 11 is 0. The average molecular weight is 321 g/mol. The quantitative estimate of drug-likeness (QED) is 0.866. The van der Waals surface area contributed by atoms with Crippen molar-refractivity contribution >= 4 is 5.91 Å². The van der Waals surface area contributed by atoms with Gasteiger partial charge in [-0.2, -0.15) is 0 Å². The van der Waals surface area contributed by atoms with Crippen molar-refractivity contribution in [3.8, 4) is 0 Å². The maximum atomic E-state index is 13.6. The topological polar surface area (TPSA) is 29.5 Å². The smallest absolute Gasteiger partial charge is 0.260 e. The number of nitrogens with zero attached hydrogens (tertiary/aromatic N) is 1. The second-order valence-corrected chi connectivity index (χ2v) is 5.33. The van der Waals surface area contributed by atoms with Crippen molar-refractivity contribution in [3.63, 3.8) is 0 Å². The minimum Gasteiger partial charge on any atom is -0.370 e. The molecule has 1 saturated heterocycles. The lowest BCUT2D eigenvalue weighted by molar-refractivity contribution is -0.0512. The Morgan fingerprint density at radius 3 is 2.26 bits per heavy atom. The molecule has 0 aliphatic carbocycles. The Kier molecular flexibility index (Phi) is 4.34. The summed E-state index contributed by atoms with van der Waals surface area (Å²) < 4.78 is 46.1. The SMILES string of the molecule is O=C(c1c(F)cccc1F)N1CC(OCc2ccccc2F)C1. The van der Waals surface area contributed by atoms with Crippen LogP contribution in [0.1, 0.15) is 15.9 Å². The molecule has 0 spiro atoms. The molecule has 0 unspecified atom stereocenters. The van der Waals surface area contributed by atoms with E-state index in [1.165, 1.54) is 17.0 Å². The number of carbonyl (C=O) groups is 1. The molecule has 0 bridgehead atoms. The first-order chi connectivity index (χ1) is 11.1. The van der Waals surface area contributed by atoms with Crippen LogP contribution in [0.2, 0.25) is 0 Å². The number of ether oxygens (including phenoxy) is 1. The summed E-state index contributed by atoms with van der Waals surface area (Å²) in [6, 6.07) is 9.55. The zero-order chi connectivity index (χ0) is 16.4. The van der Waals surface area contributed by atoms with Crippen LogP contribution in [0.3, 0.4) is 0 Å². The van der Waals surface area contributed by atoms with Crippen molar-refractivity contribution < 1.29 is 22.7 Å². The molecule has 0 atom stereocenters. The number of carbonyl (C=O) groups excluding carboxylic acids is 1. The van der Waals surface area contributed by atoms with E-state index in [9.17, 15) is 18.0 Å². The molecule has 3 nitrogen and oxygen atoms in total. The monoisotopic (exact) mass is 321 g/mol. The van der Waals surface area contributed by atoms with Gasteiger partial charge in [0.15, 0.2) is 0 Å². The molecule has 0 aromatic heterocycles. The third-order valence-corrected chi connectivity index (χ3v) is 3.74. The number of benzene rings is 2. The third-order valence-electron chi connectivity index (χ3n) is 3.74. The van der Waals surface area contributed by atoms with Gasteiger partial charge in [0, 0.05) is 18.7 Å². The summed E-state index contributed by atoms with van der Waals surface area (Å²) in [5.74, 6) is -2.82. The molecule has 0 saturated carbocycles. The van der Waals surface area contributed by atoms with Crippen LogP contribution in [0.25, 0.3) is 0 Å². The minimum atomic E-state index is -0.884. The van der Waals surface area contributed by atoms with Crippen LogP contribution in [0, 0.1) is 17.5 Å². The van der Waals surface area contributed by atoms with Crippen LogP contribution >= 0.6 is 0 Å². The Morgan fingerprint density at radius 2 is 1.61 bits per heavy atom. The highest BCUT2D eigenvalue weighted by atomic mass is 19.1. The molecule has 23 heavy (non-hydrogen) atoms. The summed E-state index contributed by atoms with van der Waals surface area (Å²) in [6.07, 6.45) is -0.270. The molecule has 0 N–H and O–H groups in total. The second kappa shape index (κ2) is 6.42. The lowest BCUT2D eigenvalue weighted by atomic mass is 10.1. The van der Waals surface area contributed by atoms with Crippen LogP contribution in [0.15, 0.2) is 42.5 Å². The standard InChI is InChI=1S/C17H14F3NO2/c18-13-5-2-1-4-11(13)10-23-12-8-21(9-12)17(22)16-14(19)6-3-7-15(16)20/h1-7,12H,8-10H2. The van der Waals surface area contributed by atoms with Crippen LogP contribution < -0.4 is 0 Å². The van der Waals surface area contributed by atoms with E-state index < -0.39 is 23.1 Å². The maximum absolute atomic E-state index is 13.6. The van der Waals surface area contributed by atoms with Crippen LogP contribution in [-0.2, 0) is 11.3 Å². The van der Waals surface area contributed by atoms with E-state index in [1.54, 1.807) is 18.2 Å². The average Bonchev–Trinajstić information content (AvgIpc) is 2.47. The van der Waals surface area contributed by atoms with Crippen molar-refractivity contribution in [1.29, 1.82) is 0 Å². The number of rotatable bonds is 4. The Balaban J connectivity index is 1.55. The molecule has 1 aliphatic rings. The maximum Gasteiger partial charge on any atom is 0.260 e. The van der Waals surface area contributed by atoms with Gasteiger partial charge in [0.05, 0.1) is 12.7 Å². The number of halogens is 3. The van der Waals surface area contributed by atoms with Gasteiger partial charge in [-0.05, 0) is 18.2 Å². The van der Waals surface area contributed by atoms with E-state index in [0.717, 1.165) is 12.1 Å². The molecule has 6 heteroatoms. The fraction of sp³-hybridized carbons (Fsp3) is 0.235. The summed E-state index contributed by atoms with van der Waals surface area (Å²) in [4.78, 5) is 13.4. The summed E-state index contributed by atoms with van der Waals surface area (Å²) in [6.45, 7) is 0.537. The van der Waals surface area contributed by atoms with Crippen LogP contribution in [0.4, 0.5) is 13.2 Å². The van der Waals surface area contributed by atoms with Crippen molar-refractivity contribution in [2.45, 2.75) is 12.7 Å². The summed E-state index contributed by atoms with van der Waals surface area (Å²) in [5.41, 5.74) is -0.127. The number of hydrogen-bond donors (Lipinski definition) is 0. The molecule has 2 aromatic rings. The Morgan fingerprint density at radius 1 is 1.00 bits per heavy atom. The first-order valence-electron chi connectivity index (χ1n) is 7.14. The van der Waals surface area contributed by atoms with Crippen LogP contribution in [-0.4, -0.2) is 30.0 Å². The van der Waals surface area contributed by atoms with E-state index in [-0.39, 0.29) is 31.6 Å². The van der Waals surface area contributed by atoms with E-state index in [4.69, 9.17) is 4.74 Å². The van der Waals surface area contributed by atoms with Gasteiger partial charge >= 0.3 is 0 Å². The molecule has 1 heterocycles. The number of hydrogen-bond acceptors (Lipinski definition) is 2. The van der Waals surface area contributed by atoms with Gasteiger partial charge in [0.1, 0.15) is 23.0 Å². The molecule has 0 radical (unpaired) electrons. The van der Waals surface area contributed by atoms with Gasteiger partial charge in [-0.3, -0.25) is 4.79 Å².